The normalized spacial score (nSPS) is 24.1. The first kappa shape index (κ1) is 12.6. The van der Waals surface area contributed by atoms with Gasteiger partial charge in [0.25, 0.3) is 5.91 Å². The van der Waals surface area contributed by atoms with E-state index in [9.17, 15) is 4.79 Å². The number of carbonyl (C=O) groups excluding carboxylic acids is 1. The molecule has 2 aliphatic rings. The minimum Gasteiger partial charge on any atom is -0.444 e. The monoisotopic (exact) mass is 243 g/mol. The van der Waals surface area contributed by atoms with Crippen LogP contribution in [0.1, 0.15) is 40.0 Å². The van der Waals surface area contributed by atoms with Crippen molar-refractivity contribution in [1.29, 1.82) is 0 Å². The molecule has 1 spiro atoms. The maximum Gasteiger partial charge on any atom is 0.414 e. The average molecular weight is 243 g/mol. The van der Waals surface area contributed by atoms with E-state index in [1.165, 1.54) is 0 Å². The Bertz CT molecular complexity index is 291. The summed E-state index contributed by atoms with van der Waals surface area (Å²) in [6.45, 7) is 7.29. The van der Waals surface area contributed by atoms with E-state index in [1.54, 1.807) is 4.90 Å². The molecule has 5 nitrogen and oxygen atoms in total. The third kappa shape index (κ3) is 2.72. The summed E-state index contributed by atoms with van der Waals surface area (Å²) in [5.74, 6) is -0.861. The standard InChI is InChI=1S/C12H21NO4/c1-11(2,3)17-10(14)13-7-5-4-6-12(13)15-8-9-16-12/h4-9H2,1-3H3. The van der Waals surface area contributed by atoms with Gasteiger partial charge < -0.3 is 14.2 Å². The molecule has 17 heavy (non-hydrogen) atoms. The molecule has 0 unspecified atom stereocenters. The summed E-state index contributed by atoms with van der Waals surface area (Å²) in [5.41, 5.74) is -0.492. The Hall–Kier alpha value is -0.810. The smallest absolute Gasteiger partial charge is 0.414 e. The van der Waals surface area contributed by atoms with Crippen molar-refractivity contribution in [3.8, 4) is 0 Å². The van der Waals surface area contributed by atoms with Gasteiger partial charge in [0.15, 0.2) is 0 Å². The number of amides is 1. The number of hydrogen-bond donors (Lipinski definition) is 0. The van der Waals surface area contributed by atoms with Gasteiger partial charge >= 0.3 is 6.09 Å². The summed E-state index contributed by atoms with van der Waals surface area (Å²) in [6, 6.07) is 0. The molecule has 0 aromatic heterocycles. The molecule has 0 aromatic rings. The van der Waals surface area contributed by atoms with Crippen molar-refractivity contribution in [2.75, 3.05) is 19.8 Å². The number of ether oxygens (including phenoxy) is 3. The zero-order chi connectivity index (χ0) is 12.5. The summed E-state index contributed by atoms with van der Waals surface area (Å²) in [7, 11) is 0. The fraction of sp³-hybridized carbons (Fsp3) is 0.917. The van der Waals surface area contributed by atoms with Crippen LogP contribution < -0.4 is 0 Å². The fourth-order valence-corrected chi connectivity index (χ4v) is 2.22. The number of piperidine rings is 1. The van der Waals surface area contributed by atoms with Crippen molar-refractivity contribution in [2.45, 2.75) is 51.5 Å². The Balaban J connectivity index is 2.08. The van der Waals surface area contributed by atoms with E-state index in [2.05, 4.69) is 0 Å². The molecule has 0 bridgehead atoms. The van der Waals surface area contributed by atoms with Crippen molar-refractivity contribution in [1.82, 2.24) is 4.90 Å². The Labute approximate surface area is 102 Å². The van der Waals surface area contributed by atoms with E-state index >= 15 is 0 Å². The second-order valence-corrected chi connectivity index (χ2v) is 5.50. The van der Waals surface area contributed by atoms with Crippen LogP contribution in [0.4, 0.5) is 4.79 Å². The average Bonchev–Trinajstić information content (AvgIpc) is 2.65. The first-order valence-corrected chi connectivity index (χ1v) is 6.21. The molecule has 2 aliphatic heterocycles. The SMILES string of the molecule is CC(C)(C)OC(=O)N1CCCCC12OCCO2. The zero-order valence-corrected chi connectivity index (χ0v) is 10.8. The van der Waals surface area contributed by atoms with E-state index in [0.717, 1.165) is 19.3 Å². The van der Waals surface area contributed by atoms with Crippen LogP contribution in [0.2, 0.25) is 0 Å². The predicted molar refractivity (Wildman–Crippen MR) is 61.4 cm³/mol. The minimum atomic E-state index is -0.861. The molecule has 2 heterocycles. The molecule has 0 saturated carbocycles. The quantitative estimate of drug-likeness (QED) is 0.653. The zero-order valence-electron chi connectivity index (χ0n) is 10.8. The molecule has 0 N–H and O–H groups in total. The lowest BCUT2D eigenvalue weighted by Crippen LogP contribution is -2.56. The molecule has 5 heteroatoms. The van der Waals surface area contributed by atoms with Gasteiger partial charge in [-0.2, -0.15) is 0 Å². The Morgan fingerprint density at radius 1 is 1.24 bits per heavy atom. The van der Waals surface area contributed by atoms with E-state index in [-0.39, 0.29) is 6.09 Å². The van der Waals surface area contributed by atoms with Gasteiger partial charge in [-0.15, -0.1) is 0 Å². The highest BCUT2D eigenvalue weighted by Gasteiger charge is 2.48. The molecular weight excluding hydrogens is 222 g/mol. The predicted octanol–water partition coefficient (Wildman–Crippen LogP) is 2.11. The Kier molecular flexibility index (Phi) is 3.32. The van der Waals surface area contributed by atoms with Crippen molar-refractivity contribution in [2.24, 2.45) is 0 Å². The van der Waals surface area contributed by atoms with Crippen molar-refractivity contribution < 1.29 is 19.0 Å². The van der Waals surface area contributed by atoms with Crippen LogP contribution in [-0.2, 0) is 14.2 Å². The number of carbonyl (C=O) groups is 1. The number of rotatable bonds is 0. The largest absolute Gasteiger partial charge is 0.444 e. The highest BCUT2D eigenvalue weighted by molar-refractivity contribution is 5.69. The lowest BCUT2D eigenvalue weighted by atomic mass is 10.1. The third-order valence-corrected chi connectivity index (χ3v) is 2.89. The maximum absolute atomic E-state index is 12.1. The van der Waals surface area contributed by atoms with Gasteiger partial charge in [0.2, 0.25) is 0 Å². The van der Waals surface area contributed by atoms with Gasteiger partial charge in [0, 0.05) is 13.0 Å². The molecule has 0 aliphatic carbocycles. The first-order valence-electron chi connectivity index (χ1n) is 6.21. The van der Waals surface area contributed by atoms with Crippen molar-refractivity contribution in [3.05, 3.63) is 0 Å². The number of nitrogens with zero attached hydrogens (tertiary/aromatic N) is 1. The van der Waals surface area contributed by atoms with Gasteiger partial charge in [0.05, 0.1) is 13.2 Å². The fourth-order valence-electron chi connectivity index (χ4n) is 2.22. The van der Waals surface area contributed by atoms with Gasteiger partial charge in [-0.25, -0.2) is 4.79 Å². The highest BCUT2D eigenvalue weighted by atomic mass is 16.8. The minimum absolute atomic E-state index is 0.348. The van der Waals surface area contributed by atoms with Gasteiger partial charge in [-0.3, -0.25) is 4.90 Å². The molecule has 2 fully saturated rings. The maximum atomic E-state index is 12.1. The molecule has 98 valence electrons. The summed E-state index contributed by atoms with van der Waals surface area (Å²) in [4.78, 5) is 13.7. The summed E-state index contributed by atoms with van der Waals surface area (Å²) in [5, 5.41) is 0. The van der Waals surface area contributed by atoms with Crippen LogP contribution >= 0.6 is 0 Å². The molecule has 0 atom stereocenters. The van der Waals surface area contributed by atoms with E-state index in [0.29, 0.717) is 19.8 Å². The molecule has 0 aromatic carbocycles. The highest BCUT2D eigenvalue weighted by Crippen LogP contribution is 2.34. The van der Waals surface area contributed by atoms with Crippen LogP contribution in [0, 0.1) is 0 Å². The molecule has 1 amide bonds. The van der Waals surface area contributed by atoms with Gasteiger partial charge in [-0.1, -0.05) is 0 Å². The van der Waals surface area contributed by atoms with Crippen molar-refractivity contribution in [3.63, 3.8) is 0 Å². The second kappa shape index (κ2) is 4.46. The molecule has 2 saturated heterocycles. The Morgan fingerprint density at radius 2 is 1.88 bits per heavy atom. The second-order valence-electron chi connectivity index (χ2n) is 5.50. The van der Waals surface area contributed by atoms with Gasteiger partial charge in [0.1, 0.15) is 5.60 Å². The molecule has 0 radical (unpaired) electrons. The van der Waals surface area contributed by atoms with E-state index in [1.807, 2.05) is 20.8 Å². The summed E-state index contributed by atoms with van der Waals surface area (Å²) in [6.07, 6.45) is 2.36. The van der Waals surface area contributed by atoms with Crippen molar-refractivity contribution >= 4 is 6.09 Å². The third-order valence-electron chi connectivity index (χ3n) is 2.89. The van der Waals surface area contributed by atoms with Crippen LogP contribution in [0.5, 0.6) is 0 Å². The molecule has 2 rings (SSSR count). The first-order chi connectivity index (χ1) is 7.93. The van der Waals surface area contributed by atoms with E-state index in [4.69, 9.17) is 14.2 Å². The topological polar surface area (TPSA) is 48.0 Å². The van der Waals surface area contributed by atoms with Crippen LogP contribution in [-0.4, -0.2) is 42.3 Å². The Morgan fingerprint density at radius 3 is 2.47 bits per heavy atom. The van der Waals surface area contributed by atoms with Crippen LogP contribution in [0.15, 0.2) is 0 Å². The van der Waals surface area contributed by atoms with Gasteiger partial charge in [-0.05, 0) is 33.6 Å². The summed E-state index contributed by atoms with van der Waals surface area (Å²) < 4.78 is 16.7. The van der Waals surface area contributed by atoms with E-state index < -0.39 is 11.5 Å². The lowest BCUT2D eigenvalue weighted by molar-refractivity contribution is -0.260. The lowest BCUT2D eigenvalue weighted by Gasteiger charge is -2.42. The van der Waals surface area contributed by atoms with Crippen LogP contribution in [0.3, 0.4) is 0 Å². The van der Waals surface area contributed by atoms with Crippen LogP contribution in [0.25, 0.3) is 0 Å². The molecular formula is C12H21NO4. The number of hydrogen-bond acceptors (Lipinski definition) is 4. The number of likely N-dealkylation sites (tertiary alicyclic amines) is 1. The summed E-state index contributed by atoms with van der Waals surface area (Å²) >= 11 is 0.